The van der Waals surface area contributed by atoms with Crippen molar-refractivity contribution >= 4 is 17.8 Å². The lowest BCUT2D eigenvalue weighted by Gasteiger charge is -2.08. The summed E-state index contributed by atoms with van der Waals surface area (Å²) in [7, 11) is 0. The van der Waals surface area contributed by atoms with Crippen LogP contribution >= 0.6 is 0 Å². The lowest BCUT2D eigenvalue weighted by Crippen LogP contribution is -2.26. The second-order valence-electron chi connectivity index (χ2n) is 6.30. The first-order valence-corrected chi connectivity index (χ1v) is 9.09. The van der Waals surface area contributed by atoms with E-state index in [0.717, 1.165) is 28.1 Å². The van der Waals surface area contributed by atoms with E-state index in [-0.39, 0.29) is 12.5 Å². The van der Waals surface area contributed by atoms with E-state index in [0.29, 0.717) is 6.61 Å². The van der Waals surface area contributed by atoms with E-state index in [9.17, 15) is 4.79 Å². The summed E-state index contributed by atoms with van der Waals surface area (Å²) in [6.07, 6.45) is 1.60. The van der Waals surface area contributed by atoms with Crippen molar-refractivity contribution in [3.63, 3.8) is 0 Å². The monoisotopic (exact) mass is 373 g/mol. The molecule has 3 rings (SSSR count). The predicted octanol–water partition coefficient (Wildman–Crippen LogP) is 4.14. The average molecular weight is 373 g/mol. The first-order chi connectivity index (χ1) is 13.7. The number of anilines is 1. The first-order valence-electron chi connectivity index (χ1n) is 9.09. The van der Waals surface area contributed by atoms with E-state index >= 15 is 0 Å². The van der Waals surface area contributed by atoms with Crippen molar-refractivity contribution in [1.82, 2.24) is 5.43 Å². The summed E-state index contributed by atoms with van der Waals surface area (Å²) in [6, 6.07) is 25.4. The summed E-state index contributed by atoms with van der Waals surface area (Å²) in [4.78, 5) is 11.9. The number of nitrogens with zero attached hydrogens (tertiary/aromatic N) is 1. The average Bonchev–Trinajstić information content (AvgIpc) is 2.73. The van der Waals surface area contributed by atoms with Crippen molar-refractivity contribution < 1.29 is 9.53 Å². The third kappa shape index (κ3) is 5.99. The van der Waals surface area contributed by atoms with Crippen LogP contribution in [0.5, 0.6) is 5.75 Å². The Labute approximate surface area is 165 Å². The minimum Gasteiger partial charge on any atom is -0.489 e. The fourth-order valence-corrected chi connectivity index (χ4v) is 2.56. The number of carbonyl (C=O) groups is 1. The van der Waals surface area contributed by atoms with Crippen LogP contribution in [0, 0.1) is 6.92 Å². The number of nitrogens with one attached hydrogen (secondary N) is 2. The van der Waals surface area contributed by atoms with Crippen molar-refractivity contribution in [2.75, 3.05) is 11.9 Å². The zero-order valence-corrected chi connectivity index (χ0v) is 15.8. The number of hydrogen-bond acceptors (Lipinski definition) is 4. The van der Waals surface area contributed by atoms with Gasteiger partial charge in [0.25, 0.3) is 5.91 Å². The molecule has 0 heterocycles. The Morgan fingerprint density at radius 2 is 1.68 bits per heavy atom. The Morgan fingerprint density at radius 1 is 0.964 bits per heavy atom. The highest BCUT2D eigenvalue weighted by Crippen LogP contribution is 2.14. The molecule has 0 saturated carbocycles. The Hall–Kier alpha value is -3.60. The molecule has 1 amide bonds. The molecule has 5 heteroatoms. The Kier molecular flexibility index (Phi) is 6.79. The number of ether oxygens (including phenoxy) is 1. The summed E-state index contributed by atoms with van der Waals surface area (Å²) in [6.45, 7) is 2.68. The third-order valence-electron chi connectivity index (χ3n) is 4.12. The van der Waals surface area contributed by atoms with Gasteiger partial charge in [0.05, 0.1) is 12.8 Å². The van der Waals surface area contributed by atoms with Crippen LogP contribution in [0.1, 0.15) is 16.7 Å². The minimum absolute atomic E-state index is 0.161. The van der Waals surface area contributed by atoms with Gasteiger partial charge >= 0.3 is 0 Å². The van der Waals surface area contributed by atoms with Gasteiger partial charge in [0, 0.05) is 5.69 Å². The quantitative estimate of drug-likeness (QED) is 0.461. The lowest BCUT2D eigenvalue weighted by atomic mass is 10.2. The van der Waals surface area contributed by atoms with E-state index in [1.54, 1.807) is 6.21 Å². The normalized spacial score (nSPS) is 10.6. The zero-order valence-electron chi connectivity index (χ0n) is 15.8. The van der Waals surface area contributed by atoms with E-state index in [2.05, 4.69) is 15.8 Å². The number of para-hydroxylation sites is 1. The predicted molar refractivity (Wildman–Crippen MR) is 113 cm³/mol. The number of aryl methyl sites for hydroxylation is 1. The van der Waals surface area contributed by atoms with Crippen molar-refractivity contribution in [3.05, 3.63) is 95.6 Å². The molecule has 142 valence electrons. The molecule has 0 aliphatic heterocycles. The molecule has 28 heavy (non-hydrogen) atoms. The third-order valence-corrected chi connectivity index (χ3v) is 4.12. The molecule has 0 saturated heterocycles. The van der Waals surface area contributed by atoms with Gasteiger partial charge in [-0.05, 0) is 53.9 Å². The largest absolute Gasteiger partial charge is 0.489 e. The van der Waals surface area contributed by atoms with Crippen molar-refractivity contribution in [1.29, 1.82) is 0 Å². The van der Waals surface area contributed by atoms with Gasteiger partial charge in [0.15, 0.2) is 0 Å². The van der Waals surface area contributed by atoms with Gasteiger partial charge in [-0.2, -0.15) is 5.10 Å². The number of hydrazone groups is 1. The van der Waals surface area contributed by atoms with E-state index in [1.165, 1.54) is 0 Å². The first kappa shape index (κ1) is 19.2. The van der Waals surface area contributed by atoms with Gasteiger partial charge < -0.3 is 10.1 Å². The van der Waals surface area contributed by atoms with Gasteiger partial charge in [0.1, 0.15) is 12.4 Å². The van der Waals surface area contributed by atoms with Gasteiger partial charge in [-0.15, -0.1) is 0 Å². The van der Waals surface area contributed by atoms with Crippen molar-refractivity contribution in [2.24, 2.45) is 5.10 Å². The maximum absolute atomic E-state index is 11.9. The smallest absolute Gasteiger partial charge is 0.259 e. The summed E-state index contributed by atoms with van der Waals surface area (Å²) in [5.41, 5.74) is 6.54. The second kappa shape index (κ2) is 9.92. The summed E-state index contributed by atoms with van der Waals surface area (Å²) >= 11 is 0. The molecule has 0 aromatic heterocycles. The highest BCUT2D eigenvalue weighted by molar-refractivity contribution is 5.84. The topological polar surface area (TPSA) is 62.7 Å². The summed E-state index contributed by atoms with van der Waals surface area (Å²) < 4.78 is 5.75. The van der Waals surface area contributed by atoms with Crippen LogP contribution in [0.15, 0.2) is 84.0 Å². The molecule has 0 radical (unpaired) electrons. The maximum atomic E-state index is 11.9. The SMILES string of the molecule is Cc1ccccc1NCC(=O)N/N=C/c1ccc(OCc2ccccc2)cc1. The zero-order chi connectivity index (χ0) is 19.6. The minimum atomic E-state index is -0.206. The molecule has 0 fully saturated rings. The van der Waals surface area contributed by atoms with Gasteiger partial charge in [-0.3, -0.25) is 4.79 Å². The molecular formula is C23H23N3O2. The molecule has 0 atom stereocenters. The fraction of sp³-hybridized carbons (Fsp3) is 0.130. The Bertz CT molecular complexity index is 922. The highest BCUT2D eigenvalue weighted by Gasteiger charge is 2.01. The summed E-state index contributed by atoms with van der Waals surface area (Å²) in [5, 5.41) is 7.09. The van der Waals surface area contributed by atoms with E-state index in [1.807, 2.05) is 85.8 Å². The standard InChI is InChI=1S/C23H23N3O2/c1-18-7-5-6-10-22(18)24-16-23(27)26-25-15-19-11-13-21(14-12-19)28-17-20-8-3-2-4-9-20/h2-15,24H,16-17H2,1H3,(H,26,27)/b25-15+. The lowest BCUT2D eigenvalue weighted by molar-refractivity contribution is -0.119. The fourth-order valence-electron chi connectivity index (χ4n) is 2.56. The van der Waals surface area contributed by atoms with Crippen LogP contribution in [0.4, 0.5) is 5.69 Å². The molecule has 0 bridgehead atoms. The van der Waals surface area contributed by atoms with Gasteiger partial charge in [-0.25, -0.2) is 5.43 Å². The Balaban J connectivity index is 1.42. The van der Waals surface area contributed by atoms with Gasteiger partial charge in [-0.1, -0.05) is 48.5 Å². The number of rotatable bonds is 8. The van der Waals surface area contributed by atoms with Crippen LogP contribution in [0.25, 0.3) is 0 Å². The van der Waals surface area contributed by atoms with Crippen LogP contribution in [-0.4, -0.2) is 18.7 Å². The number of amides is 1. The molecular weight excluding hydrogens is 350 g/mol. The molecule has 0 spiro atoms. The second-order valence-corrected chi connectivity index (χ2v) is 6.30. The van der Waals surface area contributed by atoms with Crippen LogP contribution in [0.3, 0.4) is 0 Å². The van der Waals surface area contributed by atoms with Crippen molar-refractivity contribution in [2.45, 2.75) is 13.5 Å². The number of carbonyl (C=O) groups excluding carboxylic acids is 1. The van der Waals surface area contributed by atoms with Crippen LogP contribution < -0.4 is 15.5 Å². The summed E-state index contributed by atoms with van der Waals surface area (Å²) in [5.74, 6) is 0.579. The maximum Gasteiger partial charge on any atom is 0.259 e. The molecule has 3 aromatic rings. The Morgan fingerprint density at radius 3 is 2.43 bits per heavy atom. The molecule has 2 N–H and O–H groups in total. The molecule has 0 aliphatic rings. The van der Waals surface area contributed by atoms with Gasteiger partial charge in [0.2, 0.25) is 0 Å². The molecule has 5 nitrogen and oxygen atoms in total. The number of benzene rings is 3. The highest BCUT2D eigenvalue weighted by atomic mass is 16.5. The van der Waals surface area contributed by atoms with Crippen LogP contribution in [-0.2, 0) is 11.4 Å². The number of hydrogen-bond donors (Lipinski definition) is 2. The molecule has 3 aromatic carbocycles. The molecule has 0 unspecified atom stereocenters. The van der Waals surface area contributed by atoms with Crippen molar-refractivity contribution in [3.8, 4) is 5.75 Å². The van der Waals surface area contributed by atoms with E-state index < -0.39 is 0 Å². The van der Waals surface area contributed by atoms with Crippen LogP contribution in [0.2, 0.25) is 0 Å². The van der Waals surface area contributed by atoms with E-state index in [4.69, 9.17) is 4.74 Å². The molecule has 0 aliphatic carbocycles.